The largest absolute Gasteiger partial charge is 0.495 e. The number of pyridine rings is 1. The topological polar surface area (TPSA) is 59.4 Å². The summed E-state index contributed by atoms with van der Waals surface area (Å²) in [7, 11) is 1.61. The predicted octanol–water partition coefficient (Wildman–Crippen LogP) is 4.22. The highest BCUT2D eigenvalue weighted by molar-refractivity contribution is 9.10. The molecule has 4 nitrogen and oxygen atoms in total. The summed E-state index contributed by atoms with van der Waals surface area (Å²) in [4.78, 5) is 17.0. The molecule has 1 aromatic heterocycles. The van der Waals surface area contributed by atoms with Crippen molar-refractivity contribution in [2.75, 3.05) is 13.7 Å². The Morgan fingerprint density at radius 1 is 1.31 bits per heavy atom. The van der Waals surface area contributed by atoms with Crippen molar-refractivity contribution >= 4 is 33.4 Å². The molecule has 1 N–H and O–H groups in total. The molecule has 3 rings (SSSR count). The zero-order valence-electron chi connectivity index (χ0n) is 14.5. The van der Waals surface area contributed by atoms with Crippen molar-refractivity contribution < 1.29 is 14.6 Å². The fourth-order valence-electron chi connectivity index (χ4n) is 3.05. The van der Waals surface area contributed by atoms with Crippen molar-refractivity contribution in [3.63, 3.8) is 0 Å². The number of hydrogen-bond donors (Lipinski definition) is 1. The van der Waals surface area contributed by atoms with Gasteiger partial charge in [0.1, 0.15) is 5.75 Å². The first-order valence-electron chi connectivity index (χ1n) is 8.46. The zero-order valence-corrected chi connectivity index (χ0v) is 16.1. The van der Waals surface area contributed by atoms with Gasteiger partial charge in [0.15, 0.2) is 5.78 Å². The Morgan fingerprint density at radius 3 is 2.85 bits per heavy atom. The summed E-state index contributed by atoms with van der Waals surface area (Å²) in [5.74, 6) is 0.779. The van der Waals surface area contributed by atoms with Crippen LogP contribution in [-0.2, 0) is 11.2 Å². The molecule has 5 heteroatoms. The van der Waals surface area contributed by atoms with Crippen LogP contribution in [0.4, 0.5) is 0 Å². The molecule has 26 heavy (non-hydrogen) atoms. The fourth-order valence-corrected chi connectivity index (χ4v) is 3.46. The number of carbonyl (C=O) groups is 1. The van der Waals surface area contributed by atoms with Crippen molar-refractivity contribution in [3.8, 4) is 5.75 Å². The number of aromatic nitrogens is 1. The van der Waals surface area contributed by atoms with Gasteiger partial charge in [0, 0.05) is 23.1 Å². The van der Waals surface area contributed by atoms with Gasteiger partial charge in [-0.1, -0.05) is 28.1 Å². The third-order valence-electron chi connectivity index (χ3n) is 4.33. The molecule has 0 unspecified atom stereocenters. The third kappa shape index (κ3) is 4.11. The highest BCUT2D eigenvalue weighted by Gasteiger charge is 2.25. The molecule has 0 saturated heterocycles. The molecule has 0 atom stereocenters. The lowest BCUT2D eigenvalue weighted by Gasteiger charge is -2.06. The van der Waals surface area contributed by atoms with Gasteiger partial charge >= 0.3 is 0 Å². The monoisotopic (exact) mass is 413 g/mol. The number of allylic oxidation sites excluding steroid dienone is 3. The van der Waals surface area contributed by atoms with Crippen LogP contribution in [0.25, 0.3) is 11.6 Å². The highest BCUT2D eigenvalue weighted by atomic mass is 79.9. The van der Waals surface area contributed by atoms with Crippen LogP contribution >= 0.6 is 15.9 Å². The second-order valence-electron chi connectivity index (χ2n) is 6.09. The standard InChI is InChI=1S/C21H20BrNO3/c1-26-18-8-7-17(23-13-18)6-4-14-11-15-12-16(22)5-9-19(15)21(14)20(25)3-2-10-24/h4-9,12-13,24H,2-3,10-11H2,1H3/b6-4+. The smallest absolute Gasteiger partial charge is 0.163 e. The molecule has 0 amide bonds. The number of ketones is 1. The Balaban J connectivity index is 1.92. The first-order chi connectivity index (χ1) is 12.6. The number of aliphatic hydroxyl groups excluding tert-OH is 1. The van der Waals surface area contributed by atoms with E-state index in [2.05, 4.69) is 27.0 Å². The van der Waals surface area contributed by atoms with Crippen LogP contribution < -0.4 is 4.74 Å². The number of methoxy groups -OCH3 is 1. The molecular formula is C21H20BrNO3. The number of nitrogens with zero attached hydrogens (tertiary/aromatic N) is 1. The molecule has 0 saturated carbocycles. The zero-order chi connectivity index (χ0) is 18.5. The summed E-state index contributed by atoms with van der Waals surface area (Å²) in [5.41, 5.74) is 4.66. The first kappa shape index (κ1) is 18.5. The van der Waals surface area contributed by atoms with Gasteiger partial charge in [-0.3, -0.25) is 9.78 Å². The van der Waals surface area contributed by atoms with Gasteiger partial charge in [-0.05, 0) is 59.9 Å². The van der Waals surface area contributed by atoms with Crippen molar-refractivity contribution in [2.24, 2.45) is 0 Å². The summed E-state index contributed by atoms with van der Waals surface area (Å²) < 4.78 is 6.12. The van der Waals surface area contributed by atoms with Gasteiger partial charge in [-0.25, -0.2) is 0 Å². The van der Waals surface area contributed by atoms with Crippen LogP contribution in [0.5, 0.6) is 5.75 Å². The highest BCUT2D eigenvalue weighted by Crippen LogP contribution is 2.36. The molecule has 2 aromatic rings. The van der Waals surface area contributed by atoms with Crippen molar-refractivity contribution in [2.45, 2.75) is 19.3 Å². The molecule has 1 aromatic carbocycles. The fraction of sp³-hybridized carbons (Fsp3) is 0.238. The minimum Gasteiger partial charge on any atom is -0.495 e. The number of aliphatic hydroxyl groups is 1. The molecule has 1 aliphatic rings. The molecular weight excluding hydrogens is 394 g/mol. The van der Waals surface area contributed by atoms with E-state index in [0.717, 1.165) is 32.4 Å². The van der Waals surface area contributed by atoms with Gasteiger partial charge in [0.25, 0.3) is 0 Å². The van der Waals surface area contributed by atoms with Crippen LogP contribution in [0, 0.1) is 0 Å². The number of hydrogen-bond acceptors (Lipinski definition) is 4. The number of halogens is 1. The normalized spacial score (nSPS) is 13.3. The Kier molecular flexibility index (Phi) is 6.01. The first-order valence-corrected chi connectivity index (χ1v) is 9.26. The Morgan fingerprint density at radius 2 is 2.15 bits per heavy atom. The third-order valence-corrected chi connectivity index (χ3v) is 4.82. The minimum atomic E-state index is 0.0210. The lowest BCUT2D eigenvalue weighted by Crippen LogP contribution is -2.03. The van der Waals surface area contributed by atoms with E-state index in [9.17, 15) is 4.79 Å². The van der Waals surface area contributed by atoms with Crippen molar-refractivity contribution in [3.05, 3.63) is 69.5 Å². The molecule has 1 heterocycles. The number of Topliss-reactive ketones (excluding diaryl/α,β-unsaturated/α-hetero) is 1. The van der Waals surface area contributed by atoms with Gasteiger partial charge in [0.05, 0.1) is 19.0 Å². The van der Waals surface area contributed by atoms with E-state index >= 15 is 0 Å². The quantitative estimate of drug-likeness (QED) is 0.737. The molecule has 0 bridgehead atoms. The maximum absolute atomic E-state index is 12.7. The van der Waals surface area contributed by atoms with E-state index in [4.69, 9.17) is 9.84 Å². The van der Waals surface area contributed by atoms with Gasteiger partial charge in [-0.2, -0.15) is 0 Å². The minimum absolute atomic E-state index is 0.0210. The molecule has 134 valence electrons. The maximum atomic E-state index is 12.7. The second kappa shape index (κ2) is 8.43. The van der Waals surface area contributed by atoms with Gasteiger partial charge < -0.3 is 9.84 Å². The van der Waals surface area contributed by atoms with Crippen LogP contribution in [0.2, 0.25) is 0 Å². The molecule has 0 spiro atoms. The van der Waals surface area contributed by atoms with E-state index in [-0.39, 0.29) is 12.4 Å². The average Bonchev–Trinajstić information content (AvgIpc) is 3.02. The number of fused-ring (bicyclic) bond motifs is 1. The van der Waals surface area contributed by atoms with E-state index in [1.54, 1.807) is 13.3 Å². The van der Waals surface area contributed by atoms with Crippen molar-refractivity contribution in [1.82, 2.24) is 4.98 Å². The lowest BCUT2D eigenvalue weighted by molar-refractivity contribution is -0.114. The maximum Gasteiger partial charge on any atom is 0.163 e. The lowest BCUT2D eigenvalue weighted by atomic mass is 9.98. The van der Waals surface area contributed by atoms with Crippen LogP contribution in [0.15, 0.2) is 52.7 Å². The predicted molar refractivity (Wildman–Crippen MR) is 106 cm³/mol. The Bertz CT molecular complexity index is 869. The molecule has 0 aliphatic heterocycles. The van der Waals surface area contributed by atoms with Crippen LogP contribution in [-0.4, -0.2) is 29.6 Å². The SMILES string of the molecule is COc1ccc(/C=C/C2=C(C(=O)CCCO)c3ccc(Br)cc3C2)nc1. The van der Waals surface area contributed by atoms with Crippen molar-refractivity contribution in [1.29, 1.82) is 0 Å². The Labute approximate surface area is 161 Å². The number of carbonyl (C=O) groups excluding carboxylic acids is 1. The number of benzene rings is 1. The van der Waals surface area contributed by atoms with E-state index in [1.807, 2.05) is 36.4 Å². The Hall–Kier alpha value is -2.24. The average molecular weight is 414 g/mol. The van der Waals surface area contributed by atoms with Gasteiger partial charge in [0.2, 0.25) is 0 Å². The van der Waals surface area contributed by atoms with Gasteiger partial charge in [-0.15, -0.1) is 0 Å². The van der Waals surface area contributed by atoms with E-state index < -0.39 is 0 Å². The van der Waals surface area contributed by atoms with Crippen LogP contribution in [0.3, 0.4) is 0 Å². The summed E-state index contributed by atoms with van der Waals surface area (Å²) in [5, 5.41) is 9.04. The molecule has 0 fully saturated rings. The second-order valence-corrected chi connectivity index (χ2v) is 7.00. The number of rotatable bonds is 7. The number of ether oxygens (including phenoxy) is 1. The summed E-state index contributed by atoms with van der Waals surface area (Å²) in [6.45, 7) is 0.0210. The molecule has 0 radical (unpaired) electrons. The summed E-state index contributed by atoms with van der Waals surface area (Å²) >= 11 is 3.50. The van der Waals surface area contributed by atoms with E-state index in [1.165, 1.54) is 0 Å². The molecule has 1 aliphatic carbocycles. The van der Waals surface area contributed by atoms with E-state index in [0.29, 0.717) is 25.0 Å². The van der Waals surface area contributed by atoms with Crippen LogP contribution in [0.1, 0.15) is 29.7 Å². The summed E-state index contributed by atoms with van der Waals surface area (Å²) in [6.07, 6.45) is 7.08. The summed E-state index contributed by atoms with van der Waals surface area (Å²) in [6, 6.07) is 9.73.